The minimum atomic E-state index is -0.347. The molecule has 0 saturated heterocycles. The summed E-state index contributed by atoms with van der Waals surface area (Å²) in [6.07, 6.45) is 1.01. The van der Waals surface area contributed by atoms with Crippen LogP contribution in [0, 0.1) is 5.92 Å². The monoisotopic (exact) mass is 304 g/mol. The molecular formula is C13H18Cl2N2O2. The van der Waals surface area contributed by atoms with Crippen LogP contribution in [0.2, 0.25) is 10.2 Å². The van der Waals surface area contributed by atoms with E-state index in [1.165, 1.54) is 6.07 Å². The van der Waals surface area contributed by atoms with Gasteiger partial charge in [0.15, 0.2) is 0 Å². The largest absolute Gasteiger partial charge is 0.380 e. The van der Waals surface area contributed by atoms with E-state index in [0.29, 0.717) is 25.7 Å². The van der Waals surface area contributed by atoms with Gasteiger partial charge in [0.25, 0.3) is 5.91 Å². The molecule has 0 atom stereocenters. The molecule has 1 heterocycles. The third-order valence-electron chi connectivity index (χ3n) is 2.40. The second-order valence-corrected chi connectivity index (χ2v) is 5.31. The van der Waals surface area contributed by atoms with E-state index < -0.39 is 0 Å². The first-order chi connectivity index (χ1) is 9.00. The fraction of sp³-hybridized carbons (Fsp3) is 0.538. The topological polar surface area (TPSA) is 51.2 Å². The summed E-state index contributed by atoms with van der Waals surface area (Å²) in [5.74, 6) is 0.268. The van der Waals surface area contributed by atoms with Gasteiger partial charge in [-0.1, -0.05) is 37.0 Å². The Labute approximate surface area is 123 Å². The number of hydrogen-bond acceptors (Lipinski definition) is 3. The van der Waals surface area contributed by atoms with Crippen molar-refractivity contribution in [3.05, 3.63) is 28.0 Å². The molecule has 0 unspecified atom stereocenters. The fourth-order valence-corrected chi connectivity index (χ4v) is 1.66. The Bertz CT molecular complexity index is 425. The SMILES string of the molecule is CC(C)CCOCCNC(=O)c1nc(Cl)ccc1Cl. The molecule has 0 saturated carbocycles. The van der Waals surface area contributed by atoms with Crippen molar-refractivity contribution in [2.24, 2.45) is 5.92 Å². The molecule has 106 valence electrons. The molecule has 19 heavy (non-hydrogen) atoms. The minimum absolute atomic E-state index is 0.136. The van der Waals surface area contributed by atoms with Gasteiger partial charge in [-0.3, -0.25) is 4.79 Å². The number of pyridine rings is 1. The van der Waals surface area contributed by atoms with E-state index in [4.69, 9.17) is 27.9 Å². The minimum Gasteiger partial charge on any atom is -0.380 e. The second kappa shape index (κ2) is 8.35. The Hall–Kier alpha value is -0.840. The lowest BCUT2D eigenvalue weighted by Gasteiger charge is -2.08. The summed E-state index contributed by atoms with van der Waals surface area (Å²) in [5, 5.41) is 3.20. The van der Waals surface area contributed by atoms with Crippen molar-refractivity contribution in [1.29, 1.82) is 0 Å². The normalized spacial score (nSPS) is 10.8. The highest BCUT2D eigenvalue weighted by Crippen LogP contribution is 2.16. The van der Waals surface area contributed by atoms with Gasteiger partial charge in [0.2, 0.25) is 0 Å². The summed E-state index contributed by atoms with van der Waals surface area (Å²) >= 11 is 11.6. The van der Waals surface area contributed by atoms with E-state index in [2.05, 4.69) is 24.1 Å². The third-order valence-corrected chi connectivity index (χ3v) is 2.91. The van der Waals surface area contributed by atoms with Gasteiger partial charge in [-0.15, -0.1) is 0 Å². The molecule has 0 bridgehead atoms. The number of halogens is 2. The standard InChI is InChI=1S/C13H18Cl2N2O2/c1-9(2)5-7-19-8-6-16-13(18)12-10(14)3-4-11(15)17-12/h3-4,9H,5-8H2,1-2H3,(H,16,18). The quantitative estimate of drug-likeness (QED) is 0.622. The number of hydrogen-bond donors (Lipinski definition) is 1. The first-order valence-corrected chi connectivity index (χ1v) is 6.94. The molecule has 4 nitrogen and oxygen atoms in total. The summed E-state index contributed by atoms with van der Waals surface area (Å²) in [6, 6.07) is 3.08. The molecule has 0 aliphatic carbocycles. The van der Waals surface area contributed by atoms with Crippen molar-refractivity contribution in [2.45, 2.75) is 20.3 Å². The fourth-order valence-electron chi connectivity index (χ4n) is 1.32. The molecule has 0 spiro atoms. The number of aromatic nitrogens is 1. The summed E-state index contributed by atoms with van der Waals surface area (Å²) in [7, 11) is 0. The lowest BCUT2D eigenvalue weighted by molar-refractivity contribution is 0.0901. The zero-order valence-electron chi connectivity index (χ0n) is 11.1. The van der Waals surface area contributed by atoms with Crippen molar-refractivity contribution in [3.63, 3.8) is 0 Å². The molecule has 1 N–H and O–H groups in total. The van der Waals surface area contributed by atoms with Crippen LogP contribution in [0.4, 0.5) is 0 Å². The third kappa shape index (κ3) is 6.23. The Morgan fingerprint density at radius 2 is 2.11 bits per heavy atom. The molecule has 0 aromatic carbocycles. The lowest BCUT2D eigenvalue weighted by atomic mass is 10.1. The maximum atomic E-state index is 11.8. The summed E-state index contributed by atoms with van der Waals surface area (Å²) in [5.41, 5.74) is 0.136. The molecule has 0 fully saturated rings. The molecule has 1 amide bonds. The van der Waals surface area contributed by atoms with Gasteiger partial charge in [-0.05, 0) is 24.5 Å². The number of nitrogens with zero attached hydrogens (tertiary/aromatic N) is 1. The first-order valence-electron chi connectivity index (χ1n) is 6.18. The second-order valence-electron chi connectivity index (χ2n) is 4.52. The first kappa shape index (κ1) is 16.2. The van der Waals surface area contributed by atoms with Crippen molar-refractivity contribution < 1.29 is 9.53 Å². The molecule has 1 rings (SSSR count). The van der Waals surface area contributed by atoms with Crippen molar-refractivity contribution >= 4 is 29.1 Å². The van der Waals surface area contributed by atoms with E-state index in [1.807, 2.05) is 0 Å². The number of rotatable bonds is 7. The average molecular weight is 305 g/mol. The predicted octanol–water partition coefficient (Wildman–Crippen LogP) is 3.18. The van der Waals surface area contributed by atoms with Crippen LogP contribution >= 0.6 is 23.2 Å². The van der Waals surface area contributed by atoms with Gasteiger partial charge >= 0.3 is 0 Å². The van der Waals surface area contributed by atoms with Gasteiger partial charge in [0.05, 0.1) is 11.6 Å². The summed E-state index contributed by atoms with van der Waals surface area (Å²) in [4.78, 5) is 15.7. The number of carbonyl (C=O) groups is 1. The molecule has 1 aromatic heterocycles. The highest BCUT2D eigenvalue weighted by atomic mass is 35.5. The van der Waals surface area contributed by atoms with Crippen molar-refractivity contribution in [3.8, 4) is 0 Å². The number of amides is 1. The number of carbonyl (C=O) groups excluding carboxylic acids is 1. The van der Waals surface area contributed by atoms with E-state index in [1.54, 1.807) is 6.07 Å². The molecule has 0 radical (unpaired) electrons. The van der Waals surface area contributed by atoms with Crippen LogP contribution in [-0.4, -0.2) is 30.6 Å². The van der Waals surface area contributed by atoms with Gasteiger partial charge in [0, 0.05) is 13.2 Å². The van der Waals surface area contributed by atoms with Crippen LogP contribution < -0.4 is 5.32 Å². The lowest BCUT2D eigenvalue weighted by Crippen LogP contribution is -2.28. The number of nitrogens with one attached hydrogen (secondary N) is 1. The zero-order valence-corrected chi connectivity index (χ0v) is 12.6. The maximum Gasteiger partial charge on any atom is 0.271 e. The van der Waals surface area contributed by atoms with Crippen LogP contribution in [0.5, 0.6) is 0 Å². The average Bonchev–Trinajstić information content (AvgIpc) is 2.36. The van der Waals surface area contributed by atoms with Crippen LogP contribution in [-0.2, 0) is 4.74 Å². The highest BCUT2D eigenvalue weighted by molar-refractivity contribution is 6.34. The van der Waals surface area contributed by atoms with Gasteiger partial charge in [-0.2, -0.15) is 0 Å². The molecule has 6 heteroatoms. The highest BCUT2D eigenvalue weighted by Gasteiger charge is 2.12. The van der Waals surface area contributed by atoms with Crippen molar-refractivity contribution in [1.82, 2.24) is 10.3 Å². The Balaban J connectivity index is 2.29. The Morgan fingerprint density at radius 1 is 1.37 bits per heavy atom. The summed E-state index contributed by atoms with van der Waals surface area (Å²) < 4.78 is 5.39. The molecule has 1 aromatic rings. The zero-order chi connectivity index (χ0) is 14.3. The Morgan fingerprint density at radius 3 is 2.79 bits per heavy atom. The van der Waals surface area contributed by atoms with E-state index in [9.17, 15) is 4.79 Å². The smallest absolute Gasteiger partial charge is 0.271 e. The molecular weight excluding hydrogens is 287 g/mol. The van der Waals surface area contributed by atoms with E-state index in [0.717, 1.165) is 6.42 Å². The maximum absolute atomic E-state index is 11.8. The number of ether oxygens (including phenoxy) is 1. The predicted molar refractivity (Wildman–Crippen MR) is 76.9 cm³/mol. The Kier molecular flexibility index (Phi) is 7.13. The van der Waals surface area contributed by atoms with E-state index in [-0.39, 0.29) is 21.8 Å². The van der Waals surface area contributed by atoms with Gasteiger partial charge in [0.1, 0.15) is 10.8 Å². The summed E-state index contributed by atoms with van der Waals surface area (Å²) in [6.45, 7) is 5.86. The van der Waals surface area contributed by atoms with Crippen LogP contribution in [0.25, 0.3) is 0 Å². The van der Waals surface area contributed by atoms with Crippen LogP contribution in [0.1, 0.15) is 30.8 Å². The van der Waals surface area contributed by atoms with Crippen LogP contribution in [0.15, 0.2) is 12.1 Å². The molecule has 0 aliphatic heterocycles. The van der Waals surface area contributed by atoms with Crippen LogP contribution in [0.3, 0.4) is 0 Å². The molecule has 0 aliphatic rings. The van der Waals surface area contributed by atoms with Gasteiger partial charge < -0.3 is 10.1 Å². The van der Waals surface area contributed by atoms with Crippen molar-refractivity contribution in [2.75, 3.05) is 19.8 Å². The van der Waals surface area contributed by atoms with E-state index >= 15 is 0 Å². The van der Waals surface area contributed by atoms with Gasteiger partial charge in [-0.25, -0.2) is 4.98 Å².